The molecule has 1 aromatic heterocycles. The van der Waals surface area contributed by atoms with Crippen LogP contribution in [0.5, 0.6) is 0 Å². The molecule has 0 amide bonds. The first-order valence-corrected chi connectivity index (χ1v) is 11.2. The van der Waals surface area contributed by atoms with Crippen molar-refractivity contribution in [1.82, 2.24) is 29.7 Å². The van der Waals surface area contributed by atoms with Crippen molar-refractivity contribution in [3.63, 3.8) is 0 Å². The molecule has 0 aliphatic carbocycles. The van der Waals surface area contributed by atoms with Gasteiger partial charge in [-0.15, -0.1) is 34.2 Å². The third-order valence-corrected chi connectivity index (χ3v) is 6.71. The van der Waals surface area contributed by atoms with E-state index in [1.807, 2.05) is 37.3 Å². The largest absolute Gasteiger partial charge is 0.356 e. The maximum Gasteiger partial charge on any atom is 0.216 e. The van der Waals surface area contributed by atoms with Crippen LogP contribution in [0.15, 0.2) is 4.99 Å². The molecule has 0 saturated carbocycles. The highest BCUT2D eigenvalue weighted by atomic mass is 127. The second-order valence-electron chi connectivity index (χ2n) is 7.32. The van der Waals surface area contributed by atoms with Gasteiger partial charge in [-0.1, -0.05) is 13.3 Å². The van der Waals surface area contributed by atoms with Gasteiger partial charge in [-0.2, -0.15) is 0 Å². The molecule has 1 aliphatic heterocycles. The Kier molecular flexibility index (Phi) is 10.1. The maximum absolute atomic E-state index is 12.5. The molecular weight excluding hydrogens is 493 g/mol. The summed E-state index contributed by atoms with van der Waals surface area (Å²) in [6, 6.07) is -0.0981. The van der Waals surface area contributed by atoms with Crippen molar-refractivity contribution in [3.05, 3.63) is 11.6 Å². The van der Waals surface area contributed by atoms with Gasteiger partial charge < -0.3 is 14.8 Å². The number of nitrogens with one attached hydrogen (secondary N) is 2. The van der Waals surface area contributed by atoms with Gasteiger partial charge in [-0.3, -0.25) is 0 Å². The molecular formula is C17H34IN7O2S. The Hall–Kier alpha value is -0.950. The Labute approximate surface area is 185 Å². The Morgan fingerprint density at radius 3 is 2.64 bits per heavy atom. The Morgan fingerprint density at radius 2 is 2.07 bits per heavy atom. The number of aromatic nitrogens is 3. The summed E-state index contributed by atoms with van der Waals surface area (Å²) in [5.74, 6) is 2.37. The molecule has 2 N–H and O–H groups in total. The van der Waals surface area contributed by atoms with Crippen molar-refractivity contribution < 1.29 is 8.42 Å². The van der Waals surface area contributed by atoms with Crippen LogP contribution in [0.4, 0.5) is 0 Å². The Bertz CT molecular complexity index is 749. The predicted octanol–water partition coefficient (Wildman–Crippen LogP) is 1.39. The van der Waals surface area contributed by atoms with Crippen LogP contribution in [0.1, 0.15) is 51.7 Å². The monoisotopic (exact) mass is 527 g/mol. The number of nitrogens with zero attached hydrogens (tertiary/aromatic N) is 5. The Morgan fingerprint density at radius 1 is 1.36 bits per heavy atom. The quantitative estimate of drug-likeness (QED) is 0.229. The first kappa shape index (κ1) is 25.1. The van der Waals surface area contributed by atoms with Crippen molar-refractivity contribution in [2.24, 2.45) is 12.0 Å². The van der Waals surface area contributed by atoms with E-state index in [-0.39, 0.29) is 30.0 Å². The molecule has 28 heavy (non-hydrogen) atoms. The van der Waals surface area contributed by atoms with Crippen LogP contribution in [0.3, 0.4) is 0 Å². The third kappa shape index (κ3) is 6.83. The molecule has 9 nitrogen and oxygen atoms in total. The first-order chi connectivity index (χ1) is 12.7. The van der Waals surface area contributed by atoms with Crippen LogP contribution in [0.2, 0.25) is 0 Å². The van der Waals surface area contributed by atoms with Gasteiger partial charge in [0, 0.05) is 32.7 Å². The summed E-state index contributed by atoms with van der Waals surface area (Å²) >= 11 is 0. The summed E-state index contributed by atoms with van der Waals surface area (Å²) < 4.78 is 29.6. The fraction of sp³-hybridized carbons (Fsp3) is 0.824. The van der Waals surface area contributed by atoms with Crippen LogP contribution in [-0.4, -0.2) is 65.0 Å². The van der Waals surface area contributed by atoms with E-state index in [9.17, 15) is 8.42 Å². The second-order valence-corrected chi connectivity index (χ2v) is 9.31. The van der Waals surface area contributed by atoms with E-state index in [2.05, 4.69) is 27.2 Å². The fourth-order valence-corrected chi connectivity index (χ4v) is 4.62. The lowest BCUT2D eigenvalue weighted by molar-refractivity contribution is 0.485. The Balaban J connectivity index is 0.00000392. The topological polar surface area (TPSA) is 105 Å². The molecule has 2 rings (SSSR count). The van der Waals surface area contributed by atoms with E-state index in [1.165, 1.54) is 0 Å². The number of unbranched alkanes of at least 4 members (excludes halogenated alkanes) is 1. The van der Waals surface area contributed by atoms with Gasteiger partial charge in [0.25, 0.3) is 0 Å². The van der Waals surface area contributed by atoms with Crippen LogP contribution < -0.4 is 10.0 Å². The number of hydrogen-bond donors (Lipinski definition) is 2. The first-order valence-electron chi connectivity index (χ1n) is 9.63. The number of hydrogen-bond acceptors (Lipinski definition) is 5. The van der Waals surface area contributed by atoms with E-state index in [4.69, 9.17) is 4.99 Å². The normalized spacial score (nSPS) is 17.9. The number of likely N-dealkylation sites (tertiary alicyclic amines) is 1. The van der Waals surface area contributed by atoms with E-state index >= 15 is 0 Å². The molecule has 0 bridgehead atoms. The highest BCUT2D eigenvalue weighted by Crippen LogP contribution is 2.17. The van der Waals surface area contributed by atoms with Gasteiger partial charge in [-0.25, -0.2) is 18.1 Å². The van der Waals surface area contributed by atoms with Gasteiger partial charge in [0.2, 0.25) is 10.0 Å². The third-order valence-electron chi connectivity index (χ3n) is 4.65. The summed E-state index contributed by atoms with van der Waals surface area (Å²) in [5.41, 5.74) is 0. The van der Waals surface area contributed by atoms with Gasteiger partial charge in [0.05, 0.1) is 5.25 Å². The average Bonchev–Trinajstić information content (AvgIpc) is 3.19. The minimum absolute atomic E-state index is 0. The summed E-state index contributed by atoms with van der Waals surface area (Å²) in [7, 11) is -1.41. The SMILES string of the molecule is CCCCNC(=NCc1nnc(C)n1C)N1CCC(S(=O)(=O)NC(C)C)C1.I. The number of aryl methyl sites for hydroxylation is 1. The van der Waals surface area contributed by atoms with Crippen molar-refractivity contribution in [3.8, 4) is 0 Å². The molecule has 162 valence electrons. The zero-order chi connectivity index (χ0) is 20.0. The summed E-state index contributed by atoms with van der Waals surface area (Å²) in [4.78, 5) is 6.72. The summed E-state index contributed by atoms with van der Waals surface area (Å²) in [6.07, 6.45) is 2.71. The minimum atomic E-state index is -3.32. The smallest absolute Gasteiger partial charge is 0.216 e. The second kappa shape index (κ2) is 11.3. The number of sulfonamides is 1. The maximum atomic E-state index is 12.5. The zero-order valence-corrected chi connectivity index (χ0v) is 20.6. The van der Waals surface area contributed by atoms with E-state index < -0.39 is 15.3 Å². The highest BCUT2D eigenvalue weighted by Gasteiger charge is 2.34. The molecule has 0 aromatic carbocycles. The van der Waals surface area contributed by atoms with E-state index in [0.29, 0.717) is 26.1 Å². The molecule has 1 aliphatic rings. The number of aliphatic imine (C=N–C) groups is 1. The predicted molar refractivity (Wildman–Crippen MR) is 122 cm³/mol. The lowest BCUT2D eigenvalue weighted by Gasteiger charge is -2.22. The molecule has 1 unspecified atom stereocenters. The highest BCUT2D eigenvalue weighted by molar-refractivity contribution is 14.0. The van der Waals surface area contributed by atoms with Gasteiger partial charge >= 0.3 is 0 Å². The van der Waals surface area contributed by atoms with E-state index in [1.54, 1.807) is 0 Å². The van der Waals surface area contributed by atoms with Crippen molar-refractivity contribution in [1.29, 1.82) is 0 Å². The summed E-state index contributed by atoms with van der Waals surface area (Å²) in [6.45, 7) is 10.0. The van der Waals surface area contributed by atoms with Crippen LogP contribution >= 0.6 is 24.0 Å². The molecule has 1 aromatic rings. The van der Waals surface area contributed by atoms with Gasteiger partial charge in [0.1, 0.15) is 12.4 Å². The van der Waals surface area contributed by atoms with Gasteiger partial charge in [0.15, 0.2) is 11.8 Å². The lowest BCUT2D eigenvalue weighted by atomic mass is 10.3. The molecule has 2 heterocycles. The standard InChI is InChI=1S/C17H33N7O2S.HI/c1-6-7-9-18-17(19-11-16-21-20-14(4)23(16)5)24-10-8-15(12-24)27(25,26)22-13(2)3;/h13,15,22H,6-12H2,1-5H3,(H,18,19);1H. The lowest BCUT2D eigenvalue weighted by Crippen LogP contribution is -2.44. The van der Waals surface area contributed by atoms with Crippen molar-refractivity contribution >= 4 is 40.0 Å². The average molecular weight is 527 g/mol. The molecule has 0 radical (unpaired) electrons. The molecule has 0 spiro atoms. The fourth-order valence-electron chi connectivity index (χ4n) is 2.98. The zero-order valence-electron chi connectivity index (χ0n) is 17.5. The summed E-state index contributed by atoms with van der Waals surface area (Å²) in [5, 5.41) is 11.2. The molecule has 1 atom stereocenters. The van der Waals surface area contributed by atoms with Crippen molar-refractivity contribution in [2.45, 2.75) is 64.8 Å². The van der Waals surface area contributed by atoms with Crippen molar-refractivity contribution in [2.75, 3.05) is 19.6 Å². The minimum Gasteiger partial charge on any atom is -0.356 e. The molecule has 1 fully saturated rings. The van der Waals surface area contributed by atoms with Crippen LogP contribution in [-0.2, 0) is 23.6 Å². The van der Waals surface area contributed by atoms with Crippen LogP contribution in [0, 0.1) is 6.92 Å². The molecule has 1 saturated heterocycles. The number of halogens is 1. The molecule has 11 heteroatoms. The van der Waals surface area contributed by atoms with Gasteiger partial charge in [-0.05, 0) is 33.6 Å². The number of rotatable bonds is 8. The number of guanidine groups is 1. The van der Waals surface area contributed by atoms with E-state index in [0.717, 1.165) is 37.0 Å². The van der Waals surface area contributed by atoms with Crippen LogP contribution in [0.25, 0.3) is 0 Å².